The second-order valence-electron chi connectivity index (χ2n) is 5.80. The van der Waals surface area contributed by atoms with Gasteiger partial charge in [-0.2, -0.15) is 10.1 Å². The number of aromatic amines is 1. The molecule has 0 atom stereocenters. The van der Waals surface area contributed by atoms with Crippen molar-refractivity contribution in [1.82, 2.24) is 28.2 Å². The van der Waals surface area contributed by atoms with Gasteiger partial charge in [0.05, 0.1) is 6.21 Å². The number of aryl methyl sites for hydroxylation is 2. The molecule has 0 aromatic carbocycles. The third kappa shape index (κ3) is 2.65. The average Bonchev–Trinajstić information content (AvgIpc) is 2.96. The molecule has 3 rings (SSSR count). The summed E-state index contributed by atoms with van der Waals surface area (Å²) >= 11 is 0. The van der Waals surface area contributed by atoms with Crippen molar-refractivity contribution in [1.29, 1.82) is 0 Å². The molecule has 3 heterocycles. The maximum atomic E-state index is 12.3. The van der Waals surface area contributed by atoms with Gasteiger partial charge in [0.2, 0.25) is 11.8 Å². The monoisotopic (exact) mass is 376 g/mol. The van der Waals surface area contributed by atoms with E-state index in [0.29, 0.717) is 0 Å². The lowest BCUT2D eigenvalue weighted by atomic mass is 10.3. The van der Waals surface area contributed by atoms with E-state index in [1.54, 1.807) is 7.05 Å². The second kappa shape index (κ2) is 6.12. The summed E-state index contributed by atoms with van der Waals surface area (Å²) in [4.78, 5) is 53.6. The maximum absolute atomic E-state index is 12.3. The minimum Gasteiger partial charge on any atom is -0.494 e. The van der Waals surface area contributed by atoms with E-state index in [9.17, 15) is 24.3 Å². The number of nitrogens with zero attached hydrogens (tertiary/aromatic N) is 6. The van der Waals surface area contributed by atoms with Crippen LogP contribution in [0.5, 0.6) is 5.88 Å². The van der Waals surface area contributed by atoms with Crippen LogP contribution in [-0.4, -0.2) is 39.6 Å². The highest BCUT2D eigenvalue weighted by Crippen LogP contribution is 2.13. The van der Waals surface area contributed by atoms with E-state index in [0.717, 1.165) is 15.3 Å². The summed E-state index contributed by atoms with van der Waals surface area (Å²) in [6.45, 7) is 0. The van der Waals surface area contributed by atoms with Crippen LogP contribution in [0.15, 0.2) is 24.3 Å². The van der Waals surface area contributed by atoms with Gasteiger partial charge in [-0.15, -0.1) is 0 Å². The Morgan fingerprint density at radius 2 is 1.70 bits per heavy atom. The van der Waals surface area contributed by atoms with Gasteiger partial charge < -0.3 is 9.67 Å². The molecule has 142 valence electrons. The number of hydrogen-bond donors (Lipinski definition) is 3. The smallest absolute Gasteiger partial charge is 0.332 e. The molecular formula is C14H16N8O5. The predicted octanol–water partition coefficient (Wildman–Crippen LogP) is -2.49. The van der Waals surface area contributed by atoms with Gasteiger partial charge in [-0.05, 0) is 0 Å². The Hall–Kier alpha value is -3.90. The fraction of sp³-hybridized carbons (Fsp3) is 0.286. The van der Waals surface area contributed by atoms with Crippen molar-refractivity contribution in [3.05, 3.63) is 47.2 Å². The molecule has 13 nitrogen and oxygen atoms in total. The molecule has 0 saturated carbocycles. The molecule has 3 aromatic heterocycles. The molecule has 0 aliphatic heterocycles. The number of imidazole rings is 1. The topological polar surface area (TPSA) is 161 Å². The number of rotatable bonds is 3. The Morgan fingerprint density at radius 1 is 1.04 bits per heavy atom. The Bertz CT molecular complexity index is 1330. The van der Waals surface area contributed by atoms with Crippen LogP contribution in [-0.2, 0) is 28.2 Å². The molecule has 0 aliphatic carbocycles. The van der Waals surface area contributed by atoms with E-state index >= 15 is 0 Å². The third-order valence-electron chi connectivity index (χ3n) is 4.16. The van der Waals surface area contributed by atoms with Gasteiger partial charge in [-0.3, -0.25) is 28.3 Å². The molecule has 0 unspecified atom stereocenters. The highest BCUT2D eigenvalue weighted by atomic mass is 16.3. The van der Waals surface area contributed by atoms with Crippen molar-refractivity contribution in [2.75, 3.05) is 5.43 Å². The standard InChI is InChI=1S/C14H16N8O5/c1-19-7-8(20(2)14(27)22(4)11(7)25)16-12(19)18-15-5-6-9(23)17-13(26)21(3)10(6)24/h5,24H,1-4H3,(H,16,18)(H,17,23,26)/b15-5+. The lowest BCUT2D eigenvalue weighted by Crippen LogP contribution is -2.37. The summed E-state index contributed by atoms with van der Waals surface area (Å²) in [5.41, 5.74) is 0.00185. The van der Waals surface area contributed by atoms with Crippen LogP contribution in [0.2, 0.25) is 0 Å². The molecule has 3 N–H and O–H groups in total. The first-order valence-electron chi connectivity index (χ1n) is 7.59. The summed E-state index contributed by atoms with van der Waals surface area (Å²) in [5.74, 6) is -0.434. The van der Waals surface area contributed by atoms with Crippen LogP contribution < -0.4 is 27.9 Å². The van der Waals surface area contributed by atoms with Gasteiger partial charge in [-0.25, -0.2) is 15.0 Å². The first kappa shape index (κ1) is 17.9. The van der Waals surface area contributed by atoms with Gasteiger partial charge >= 0.3 is 11.4 Å². The van der Waals surface area contributed by atoms with E-state index < -0.39 is 28.4 Å². The summed E-state index contributed by atoms with van der Waals surface area (Å²) in [7, 11) is 5.67. The van der Waals surface area contributed by atoms with Crippen LogP contribution in [0.25, 0.3) is 11.2 Å². The molecule has 0 bridgehead atoms. The minimum atomic E-state index is -0.817. The number of nitrogens with one attached hydrogen (secondary N) is 2. The zero-order valence-electron chi connectivity index (χ0n) is 14.8. The molecule has 3 aromatic rings. The summed E-state index contributed by atoms with van der Waals surface area (Å²) in [5, 5.41) is 13.7. The van der Waals surface area contributed by atoms with Crippen molar-refractivity contribution in [3.63, 3.8) is 0 Å². The van der Waals surface area contributed by atoms with Crippen molar-refractivity contribution < 1.29 is 5.11 Å². The molecule has 0 aliphatic rings. The predicted molar refractivity (Wildman–Crippen MR) is 96.4 cm³/mol. The fourth-order valence-electron chi connectivity index (χ4n) is 2.52. The fourth-order valence-corrected chi connectivity index (χ4v) is 2.52. The quantitative estimate of drug-likeness (QED) is 0.336. The van der Waals surface area contributed by atoms with Crippen molar-refractivity contribution in [2.45, 2.75) is 0 Å². The van der Waals surface area contributed by atoms with E-state index in [1.807, 2.05) is 4.98 Å². The van der Waals surface area contributed by atoms with Gasteiger partial charge in [-0.1, -0.05) is 0 Å². The highest BCUT2D eigenvalue weighted by molar-refractivity contribution is 5.82. The third-order valence-corrected chi connectivity index (χ3v) is 4.16. The molecule has 0 amide bonds. The lowest BCUT2D eigenvalue weighted by Gasteiger charge is -2.04. The van der Waals surface area contributed by atoms with Gasteiger partial charge in [0.1, 0.15) is 5.56 Å². The Kier molecular flexibility index (Phi) is 4.06. The van der Waals surface area contributed by atoms with Crippen LogP contribution in [0.1, 0.15) is 5.56 Å². The molecule has 0 fully saturated rings. The number of anilines is 1. The van der Waals surface area contributed by atoms with Crippen molar-refractivity contribution >= 4 is 23.3 Å². The van der Waals surface area contributed by atoms with Gasteiger partial charge in [0, 0.05) is 28.2 Å². The number of hydrogen-bond acceptors (Lipinski definition) is 8. The molecular weight excluding hydrogens is 360 g/mol. The largest absolute Gasteiger partial charge is 0.494 e. The van der Waals surface area contributed by atoms with E-state index in [2.05, 4.69) is 15.5 Å². The van der Waals surface area contributed by atoms with E-state index in [4.69, 9.17) is 0 Å². The Morgan fingerprint density at radius 3 is 2.37 bits per heavy atom. The first-order valence-corrected chi connectivity index (χ1v) is 7.59. The van der Waals surface area contributed by atoms with Gasteiger partial charge in [0.15, 0.2) is 11.2 Å². The van der Waals surface area contributed by atoms with Crippen LogP contribution in [0, 0.1) is 0 Å². The summed E-state index contributed by atoms with van der Waals surface area (Å²) < 4.78 is 4.42. The zero-order valence-corrected chi connectivity index (χ0v) is 14.8. The number of aromatic nitrogens is 6. The highest BCUT2D eigenvalue weighted by Gasteiger charge is 2.16. The maximum Gasteiger partial charge on any atom is 0.332 e. The van der Waals surface area contributed by atoms with E-state index in [1.165, 1.54) is 30.3 Å². The molecule has 0 saturated heterocycles. The molecule has 0 spiro atoms. The SMILES string of the molecule is Cn1c(O)c(/C=N/Nc2nc3c(c(=O)n(C)c(=O)n3C)n2C)c(=O)[nH]c1=O. The number of hydrazone groups is 1. The summed E-state index contributed by atoms with van der Waals surface area (Å²) in [6.07, 6.45) is 1.00. The minimum absolute atomic E-state index is 0.125. The zero-order chi connectivity index (χ0) is 20.0. The molecule has 27 heavy (non-hydrogen) atoms. The molecule has 13 heteroatoms. The summed E-state index contributed by atoms with van der Waals surface area (Å²) in [6, 6.07) is 0. The normalized spacial score (nSPS) is 11.6. The van der Waals surface area contributed by atoms with Gasteiger partial charge in [0.25, 0.3) is 11.1 Å². The van der Waals surface area contributed by atoms with Crippen LogP contribution in [0.4, 0.5) is 5.95 Å². The average molecular weight is 376 g/mol. The van der Waals surface area contributed by atoms with Crippen molar-refractivity contribution in [2.24, 2.45) is 33.3 Å². The number of H-pyrrole nitrogens is 1. The first-order chi connectivity index (χ1) is 12.6. The molecule has 0 radical (unpaired) electrons. The van der Waals surface area contributed by atoms with Crippen LogP contribution in [0.3, 0.4) is 0 Å². The number of fused-ring (bicyclic) bond motifs is 1. The Labute approximate surface area is 149 Å². The Balaban J connectivity index is 2.06. The van der Waals surface area contributed by atoms with Crippen molar-refractivity contribution in [3.8, 4) is 5.88 Å². The number of aromatic hydroxyl groups is 1. The van der Waals surface area contributed by atoms with Crippen LogP contribution >= 0.6 is 0 Å². The lowest BCUT2D eigenvalue weighted by molar-refractivity contribution is 0.417. The van der Waals surface area contributed by atoms with E-state index in [-0.39, 0.29) is 22.7 Å². The second-order valence-corrected chi connectivity index (χ2v) is 5.80.